The Kier molecular flexibility index (Phi) is 3.47. The molecule has 0 atom stereocenters. The second kappa shape index (κ2) is 5.05. The van der Waals surface area contributed by atoms with Gasteiger partial charge in [0.25, 0.3) is 0 Å². The van der Waals surface area contributed by atoms with Crippen LogP contribution in [0.15, 0.2) is 22.4 Å². The van der Waals surface area contributed by atoms with Crippen LogP contribution in [0.1, 0.15) is 16.2 Å². The number of nitrogens with two attached hydrogens (primary N) is 1. The van der Waals surface area contributed by atoms with Gasteiger partial charge in [0.15, 0.2) is 0 Å². The molecule has 2 aromatic rings. The molecule has 0 aliphatic heterocycles. The molecule has 0 saturated carbocycles. The molecule has 2 heterocycles. The van der Waals surface area contributed by atoms with Crippen LogP contribution >= 0.6 is 11.8 Å². The second-order valence-electron chi connectivity index (χ2n) is 3.41. The zero-order valence-corrected chi connectivity index (χ0v) is 10.6. The molecule has 0 spiro atoms. The molecule has 0 aromatic carbocycles. The number of carbonyl (C=O) groups is 1. The highest BCUT2D eigenvalue weighted by molar-refractivity contribution is 7.99. The van der Waals surface area contributed by atoms with Gasteiger partial charge in [-0.3, -0.25) is 5.10 Å². The molecule has 7 nitrogen and oxygen atoms in total. The van der Waals surface area contributed by atoms with Crippen LogP contribution in [0.3, 0.4) is 0 Å². The number of pyridine rings is 1. The maximum Gasteiger partial charge on any atom is 0.340 e. The minimum Gasteiger partial charge on any atom is -0.465 e. The number of aryl methyl sites for hydroxylation is 1. The molecule has 3 N–H and O–H groups in total. The number of ether oxygens (including phenoxy) is 1. The minimum atomic E-state index is -0.497. The molecule has 0 saturated heterocycles. The molecule has 0 amide bonds. The molecule has 0 fully saturated rings. The third-order valence-corrected chi connectivity index (χ3v) is 2.89. The van der Waals surface area contributed by atoms with E-state index in [4.69, 9.17) is 5.73 Å². The van der Waals surface area contributed by atoms with Gasteiger partial charge >= 0.3 is 5.97 Å². The molecule has 8 heteroatoms. The molecular formula is C10H11N5O2S. The molecular weight excluding hydrogens is 254 g/mol. The smallest absolute Gasteiger partial charge is 0.340 e. The first-order valence-corrected chi connectivity index (χ1v) is 5.82. The summed E-state index contributed by atoms with van der Waals surface area (Å²) in [4.78, 5) is 19.7. The lowest BCUT2D eigenvalue weighted by molar-refractivity contribution is 0.0601. The van der Waals surface area contributed by atoms with E-state index in [1.54, 1.807) is 13.0 Å². The maximum absolute atomic E-state index is 11.5. The first kappa shape index (κ1) is 12.4. The van der Waals surface area contributed by atoms with Crippen LogP contribution in [-0.4, -0.2) is 33.2 Å². The lowest BCUT2D eigenvalue weighted by Crippen LogP contribution is -2.06. The Bertz CT molecular complexity index is 583. The molecule has 0 aliphatic rings. The van der Waals surface area contributed by atoms with E-state index in [0.29, 0.717) is 16.0 Å². The first-order valence-electron chi connectivity index (χ1n) is 5.01. The SMILES string of the molecule is COC(=O)c1cc(Sc2n[nH]c(C)n2)ncc1N. The molecule has 0 aliphatic carbocycles. The van der Waals surface area contributed by atoms with Crippen molar-refractivity contribution in [1.82, 2.24) is 20.2 Å². The van der Waals surface area contributed by atoms with Crippen molar-refractivity contribution in [2.45, 2.75) is 17.1 Å². The predicted octanol–water partition coefficient (Wildman–Crippen LogP) is 1.03. The minimum absolute atomic E-state index is 0.275. The fourth-order valence-electron chi connectivity index (χ4n) is 1.25. The Morgan fingerprint density at radius 3 is 2.94 bits per heavy atom. The van der Waals surface area contributed by atoms with Gasteiger partial charge in [0.05, 0.1) is 24.6 Å². The molecule has 0 unspecified atom stereocenters. The summed E-state index contributed by atoms with van der Waals surface area (Å²) in [6, 6.07) is 1.55. The maximum atomic E-state index is 11.5. The normalized spacial score (nSPS) is 10.3. The Morgan fingerprint density at radius 1 is 1.56 bits per heavy atom. The topological polar surface area (TPSA) is 107 Å². The van der Waals surface area contributed by atoms with Gasteiger partial charge in [0.2, 0.25) is 5.16 Å². The van der Waals surface area contributed by atoms with Gasteiger partial charge < -0.3 is 10.5 Å². The number of aromatic amines is 1. The monoisotopic (exact) mass is 265 g/mol. The number of nitrogens with one attached hydrogen (secondary N) is 1. The van der Waals surface area contributed by atoms with Gasteiger partial charge in [-0.05, 0) is 24.8 Å². The number of esters is 1. The van der Waals surface area contributed by atoms with Gasteiger partial charge in [-0.25, -0.2) is 14.8 Å². The number of hydrogen-bond acceptors (Lipinski definition) is 7. The van der Waals surface area contributed by atoms with Gasteiger partial charge in [0.1, 0.15) is 10.9 Å². The van der Waals surface area contributed by atoms with E-state index in [1.807, 2.05) is 0 Å². The number of anilines is 1. The highest BCUT2D eigenvalue weighted by atomic mass is 32.2. The van der Waals surface area contributed by atoms with E-state index in [2.05, 4.69) is 24.9 Å². The summed E-state index contributed by atoms with van der Waals surface area (Å²) in [7, 11) is 1.30. The summed E-state index contributed by atoms with van der Waals surface area (Å²) in [5, 5.41) is 7.79. The molecule has 0 bridgehead atoms. The van der Waals surface area contributed by atoms with Crippen molar-refractivity contribution in [2.75, 3.05) is 12.8 Å². The lowest BCUT2D eigenvalue weighted by Gasteiger charge is -2.04. The number of methoxy groups -OCH3 is 1. The van der Waals surface area contributed by atoms with Crippen LogP contribution < -0.4 is 5.73 Å². The van der Waals surface area contributed by atoms with Crippen LogP contribution in [0.2, 0.25) is 0 Å². The Morgan fingerprint density at radius 2 is 2.33 bits per heavy atom. The third-order valence-electron chi connectivity index (χ3n) is 2.09. The van der Waals surface area contributed by atoms with Crippen molar-refractivity contribution in [2.24, 2.45) is 0 Å². The first-order chi connectivity index (χ1) is 8.60. The number of nitrogen functional groups attached to an aromatic ring is 1. The van der Waals surface area contributed by atoms with Crippen molar-refractivity contribution in [3.63, 3.8) is 0 Å². The summed E-state index contributed by atoms with van der Waals surface area (Å²) in [6.45, 7) is 1.80. The Labute approximate surface area is 107 Å². The third kappa shape index (κ3) is 2.59. The largest absolute Gasteiger partial charge is 0.465 e. The van der Waals surface area contributed by atoms with Crippen molar-refractivity contribution in [3.05, 3.63) is 23.7 Å². The quantitative estimate of drug-likeness (QED) is 0.798. The zero-order valence-electron chi connectivity index (χ0n) is 9.80. The summed E-state index contributed by atoms with van der Waals surface area (Å²) in [5.41, 5.74) is 6.21. The van der Waals surface area contributed by atoms with Crippen molar-refractivity contribution >= 4 is 23.4 Å². The molecule has 2 aromatic heterocycles. The van der Waals surface area contributed by atoms with Crippen LogP contribution in [0.5, 0.6) is 0 Å². The van der Waals surface area contributed by atoms with Crippen LogP contribution in [-0.2, 0) is 4.74 Å². The fourth-order valence-corrected chi connectivity index (χ4v) is 1.99. The average Bonchev–Trinajstić information content (AvgIpc) is 2.76. The summed E-state index contributed by atoms with van der Waals surface area (Å²) < 4.78 is 4.63. The zero-order chi connectivity index (χ0) is 13.1. The van der Waals surface area contributed by atoms with Gasteiger partial charge in [-0.1, -0.05) is 0 Å². The van der Waals surface area contributed by atoms with Crippen molar-refractivity contribution < 1.29 is 9.53 Å². The van der Waals surface area contributed by atoms with E-state index in [0.717, 1.165) is 0 Å². The molecule has 18 heavy (non-hydrogen) atoms. The van der Waals surface area contributed by atoms with Crippen LogP contribution in [0, 0.1) is 6.92 Å². The van der Waals surface area contributed by atoms with Crippen molar-refractivity contribution in [3.8, 4) is 0 Å². The number of nitrogens with zero attached hydrogens (tertiary/aromatic N) is 3. The number of rotatable bonds is 3. The van der Waals surface area contributed by atoms with Crippen LogP contribution in [0.25, 0.3) is 0 Å². The van der Waals surface area contributed by atoms with Crippen molar-refractivity contribution in [1.29, 1.82) is 0 Å². The van der Waals surface area contributed by atoms with Crippen LogP contribution in [0.4, 0.5) is 5.69 Å². The number of hydrogen-bond donors (Lipinski definition) is 2. The van der Waals surface area contributed by atoms with E-state index < -0.39 is 5.97 Å². The van der Waals surface area contributed by atoms with E-state index in [9.17, 15) is 4.79 Å². The highest BCUT2D eigenvalue weighted by Gasteiger charge is 2.13. The van der Waals surface area contributed by atoms with E-state index >= 15 is 0 Å². The van der Waals surface area contributed by atoms with Gasteiger partial charge in [-0.15, -0.1) is 5.10 Å². The molecule has 94 valence electrons. The van der Waals surface area contributed by atoms with Gasteiger partial charge in [-0.2, -0.15) is 0 Å². The Balaban J connectivity index is 2.27. The highest BCUT2D eigenvalue weighted by Crippen LogP contribution is 2.25. The average molecular weight is 265 g/mol. The Hall–Kier alpha value is -2.09. The van der Waals surface area contributed by atoms with Gasteiger partial charge in [0, 0.05) is 0 Å². The summed E-state index contributed by atoms with van der Waals surface area (Å²) in [6.07, 6.45) is 1.41. The summed E-state index contributed by atoms with van der Waals surface area (Å²) in [5.74, 6) is 0.212. The number of aromatic nitrogens is 4. The standard InChI is InChI=1S/C10H11N5O2S/c1-5-13-10(15-14-5)18-8-3-6(9(16)17-2)7(11)4-12-8/h3-4H,11H2,1-2H3,(H,13,14,15). The van der Waals surface area contributed by atoms with E-state index in [1.165, 1.54) is 25.1 Å². The van der Waals surface area contributed by atoms with E-state index in [-0.39, 0.29) is 11.3 Å². The molecule has 2 rings (SSSR count). The number of carbonyl (C=O) groups excluding carboxylic acids is 1. The second-order valence-corrected chi connectivity index (χ2v) is 4.39. The molecule has 0 radical (unpaired) electrons. The summed E-state index contributed by atoms with van der Waals surface area (Å²) >= 11 is 1.23. The lowest BCUT2D eigenvalue weighted by atomic mass is 10.2. The number of H-pyrrole nitrogens is 1. The predicted molar refractivity (Wildman–Crippen MR) is 65.2 cm³/mol. The fraction of sp³-hybridized carbons (Fsp3) is 0.200.